The molecule has 0 aliphatic rings. The van der Waals surface area contributed by atoms with Crippen molar-refractivity contribution in [1.82, 2.24) is 4.31 Å². The van der Waals surface area contributed by atoms with Crippen molar-refractivity contribution in [2.45, 2.75) is 65.3 Å². The molecule has 0 spiro atoms. The molecule has 0 aromatic carbocycles. The lowest BCUT2D eigenvalue weighted by Gasteiger charge is -2.38. The minimum absolute atomic E-state index is 0.00222. The van der Waals surface area contributed by atoms with E-state index in [1.807, 2.05) is 34.6 Å². The molecule has 0 aromatic heterocycles. The molecule has 0 heterocycles. The SMILES string of the molecule is CC(C)N(C(C)(C)C)S(=O)(=O)C(C)C. The van der Waals surface area contributed by atoms with E-state index in [0.717, 1.165) is 0 Å². The molecule has 0 fully saturated rings. The smallest absolute Gasteiger partial charge is 0.212 e. The van der Waals surface area contributed by atoms with Crippen molar-refractivity contribution >= 4 is 10.0 Å². The van der Waals surface area contributed by atoms with Gasteiger partial charge in [0.1, 0.15) is 0 Å². The topological polar surface area (TPSA) is 37.4 Å². The van der Waals surface area contributed by atoms with Gasteiger partial charge in [-0.25, -0.2) is 8.42 Å². The summed E-state index contributed by atoms with van der Waals surface area (Å²) < 4.78 is 25.7. The van der Waals surface area contributed by atoms with Crippen LogP contribution in [0.1, 0.15) is 48.5 Å². The van der Waals surface area contributed by atoms with Crippen molar-refractivity contribution < 1.29 is 8.42 Å². The van der Waals surface area contributed by atoms with Crippen LogP contribution >= 0.6 is 0 Å². The summed E-state index contributed by atoms with van der Waals surface area (Å²) in [5.41, 5.74) is -0.350. The van der Waals surface area contributed by atoms with Crippen molar-refractivity contribution in [2.75, 3.05) is 0 Å². The molecular weight excluding hydrogens is 198 g/mol. The van der Waals surface area contributed by atoms with Gasteiger partial charge in [0.05, 0.1) is 5.25 Å². The monoisotopic (exact) mass is 221 g/mol. The van der Waals surface area contributed by atoms with Crippen molar-refractivity contribution in [3.05, 3.63) is 0 Å². The van der Waals surface area contributed by atoms with Crippen LogP contribution in [0, 0.1) is 0 Å². The van der Waals surface area contributed by atoms with E-state index in [1.54, 1.807) is 18.2 Å². The highest BCUT2D eigenvalue weighted by Gasteiger charge is 2.36. The second-order valence-corrected chi connectivity index (χ2v) is 7.52. The zero-order chi connectivity index (χ0) is 11.7. The Morgan fingerprint density at radius 1 is 1.00 bits per heavy atom. The van der Waals surface area contributed by atoms with E-state index in [1.165, 1.54) is 0 Å². The van der Waals surface area contributed by atoms with E-state index < -0.39 is 10.0 Å². The van der Waals surface area contributed by atoms with Gasteiger partial charge in [-0.3, -0.25) is 0 Å². The second-order valence-electron chi connectivity index (χ2n) is 5.15. The van der Waals surface area contributed by atoms with Crippen molar-refractivity contribution in [3.8, 4) is 0 Å². The Balaban J connectivity index is 5.26. The summed E-state index contributed by atoms with van der Waals surface area (Å²) in [6, 6.07) is 0.00222. The third kappa shape index (κ3) is 2.95. The highest BCUT2D eigenvalue weighted by atomic mass is 32.2. The lowest BCUT2D eigenvalue weighted by atomic mass is 10.1. The van der Waals surface area contributed by atoms with Crippen LogP contribution < -0.4 is 0 Å². The van der Waals surface area contributed by atoms with Gasteiger partial charge in [0, 0.05) is 11.6 Å². The molecule has 0 aliphatic carbocycles. The lowest BCUT2D eigenvalue weighted by Crippen LogP contribution is -2.51. The molecule has 4 heteroatoms. The Hall–Kier alpha value is -0.0900. The lowest BCUT2D eigenvalue weighted by molar-refractivity contribution is 0.208. The van der Waals surface area contributed by atoms with Crippen LogP contribution in [0.15, 0.2) is 0 Å². The van der Waals surface area contributed by atoms with E-state index in [2.05, 4.69) is 0 Å². The van der Waals surface area contributed by atoms with Gasteiger partial charge in [-0.05, 0) is 48.5 Å². The Bertz CT molecular complexity index is 273. The van der Waals surface area contributed by atoms with Crippen LogP contribution in [0.5, 0.6) is 0 Å². The van der Waals surface area contributed by atoms with Crippen LogP contribution in [0.2, 0.25) is 0 Å². The first kappa shape index (κ1) is 13.9. The molecule has 0 aliphatic heterocycles. The van der Waals surface area contributed by atoms with E-state index >= 15 is 0 Å². The Morgan fingerprint density at radius 2 is 1.36 bits per heavy atom. The molecule has 0 rings (SSSR count). The van der Waals surface area contributed by atoms with Gasteiger partial charge >= 0.3 is 0 Å². The standard InChI is InChI=1S/C10H23NO2S/c1-8(2)11(10(5,6)7)14(12,13)9(3)4/h8-9H,1-7H3. The molecule has 0 bridgehead atoms. The first-order chi connectivity index (χ1) is 6.01. The summed E-state index contributed by atoms with van der Waals surface area (Å²) in [5.74, 6) is 0. The molecule has 0 amide bonds. The number of nitrogens with zero attached hydrogens (tertiary/aromatic N) is 1. The zero-order valence-corrected chi connectivity index (χ0v) is 11.1. The quantitative estimate of drug-likeness (QED) is 0.733. The van der Waals surface area contributed by atoms with Gasteiger partial charge in [0.2, 0.25) is 10.0 Å². The van der Waals surface area contributed by atoms with Gasteiger partial charge in [0.25, 0.3) is 0 Å². The highest BCUT2D eigenvalue weighted by molar-refractivity contribution is 7.89. The highest BCUT2D eigenvalue weighted by Crippen LogP contribution is 2.24. The fourth-order valence-corrected chi connectivity index (χ4v) is 3.48. The fourth-order valence-electron chi connectivity index (χ4n) is 1.68. The summed E-state index contributed by atoms with van der Waals surface area (Å²) in [4.78, 5) is 0. The summed E-state index contributed by atoms with van der Waals surface area (Å²) in [6.07, 6.45) is 0. The van der Waals surface area contributed by atoms with Gasteiger partial charge in [-0.2, -0.15) is 4.31 Å². The minimum Gasteiger partial charge on any atom is -0.212 e. The van der Waals surface area contributed by atoms with Crippen LogP contribution in [-0.2, 0) is 10.0 Å². The normalized spacial score (nSPS) is 14.4. The maximum absolute atomic E-state index is 12.0. The average molecular weight is 221 g/mol. The van der Waals surface area contributed by atoms with Crippen LogP contribution in [0.25, 0.3) is 0 Å². The average Bonchev–Trinajstić information content (AvgIpc) is 1.79. The molecule has 14 heavy (non-hydrogen) atoms. The number of hydrogen-bond donors (Lipinski definition) is 0. The maximum Gasteiger partial charge on any atom is 0.217 e. The third-order valence-corrected chi connectivity index (χ3v) is 4.71. The van der Waals surface area contributed by atoms with E-state index in [0.29, 0.717) is 0 Å². The molecule has 0 N–H and O–H groups in total. The Labute approximate surface area is 88.5 Å². The van der Waals surface area contributed by atoms with Gasteiger partial charge in [-0.15, -0.1) is 0 Å². The predicted octanol–water partition coefficient (Wildman–Crippen LogP) is 2.23. The van der Waals surface area contributed by atoms with Gasteiger partial charge in [0.15, 0.2) is 0 Å². The second kappa shape index (κ2) is 4.19. The van der Waals surface area contributed by atoms with Crippen LogP contribution in [-0.4, -0.2) is 29.6 Å². The Morgan fingerprint density at radius 3 is 1.43 bits per heavy atom. The van der Waals surface area contributed by atoms with E-state index in [-0.39, 0.29) is 16.8 Å². The summed E-state index contributed by atoms with van der Waals surface area (Å²) >= 11 is 0. The first-order valence-electron chi connectivity index (χ1n) is 5.04. The third-order valence-electron chi connectivity index (χ3n) is 2.00. The van der Waals surface area contributed by atoms with Gasteiger partial charge < -0.3 is 0 Å². The molecule has 0 unspecified atom stereocenters. The molecule has 86 valence electrons. The van der Waals surface area contributed by atoms with Gasteiger partial charge in [-0.1, -0.05) is 0 Å². The zero-order valence-electron chi connectivity index (χ0n) is 10.3. The van der Waals surface area contributed by atoms with E-state index in [9.17, 15) is 8.42 Å². The molecule has 0 saturated heterocycles. The number of sulfonamides is 1. The summed E-state index contributed by atoms with van der Waals surface area (Å²) in [5, 5.41) is -0.357. The maximum atomic E-state index is 12.0. The molecule has 0 atom stereocenters. The minimum atomic E-state index is -3.16. The predicted molar refractivity (Wildman–Crippen MR) is 60.8 cm³/mol. The summed E-state index contributed by atoms with van der Waals surface area (Å²) in [6.45, 7) is 13.0. The fraction of sp³-hybridized carbons (Fsp3) is 1.00. The first-order valence-corrected chi connectivity index (χ1v) is 6.55. The van der Waals surface area contributed by atoms with Crippen molar-refractivity contribution in [2.24, 2.45) is 0 Å². The summed E-state index contributed by atoms with van der Waals surface area (Å²) in [7, 11) is -3.16. The molecule has 0 radical (unpaired) electrons. The van der Waals surface area contributed by atoms with Crippen LogP contribution in [0.3, 0.4) is 0 Å². The molecule has 0 aromatic rings. The van der Waals surface area contributed by atoms with Crippen molar-refractivity contribution in [3.63, 3.8) is 0 Å². The number of hydrogen-bond acceptors (Lipinski definition) is 2. The number of rotatable bonds is 3. The van der Waals surface area contributed by atoms with Crippen LogP contribution in [0.4, 0.5) is 0 Å². The molecular formula is C10H23NO2S. The van der Waals surface area contributed by atoms with E-state index in [4.69, 9.17) is 0 Å². The Kier molecular flexibility index (Phi) is 4.16. The molecule has 3 nitrogen and oxygen atoms in total. The largest absolute Gasteiger partial charge is 0.217 e. The molecule has 0 saturated carbocycles. The van der Waals surface area contributed by atoms with Crippen molar-refractivity contribution in [1.29, 1.82) is 0 Å².